The summed E-state index contributed by atoms with van der Waals surface area (Å²) in [5, 5.41) is 1.25. The van der Waals surface area contributed by atoms with E-state index in [0.29, 0.717) is 15.8 Å². The molecule has 0 unspecified atom stereocenters. The molecule has 102 valence electrons. The second kappa shape index (κ2) is 5.68. The zero-order chi connectivity index (χ0) is 14.1. The zero-order valence-electron chi connectivity index (χ0n) is 10.4. The number of halogens is 2. The number of rotatable bonds is 2. The SMILES string of the molecule is O=C1CS[C@H](c2ccccc2Cl)N1c1ccc(Cl)cc1. The van der Waals surface area contributed by atoms with Gasteiger partial charge in [0, 0.05) is 21.3 Å². The molecule has 2 nitrogen and oxygen atoms in total. The lowest BCUT2D eigenvalue weighted by atomic mass is 10.2. The van der Waals surface area contributed by atoms with Crippen molar-refractivity contribution in [2.24, 2.45) is 0 Å². The van der Waals surface area contributed by atoms with Crippen molar-refractivity contribution in [2.45, 2.75) is 5.37 Å². The fourth-order valence-electron chi connectivity index (χ4n) is 2.21. The fraction of sp³-hybridized carbons (Fsp3) is 0.133. The molecule has 0 N–H and O–H groups in total. The van der Waals surface area contributed by atoms with Crippen molar-refractivity contribution in [3.8, 4) is 0 Å². The third-order valence-electron chi connectivity index (χ3n) is 3.14. The molecule has 0 radical (unpaired) electrons. The van der Waals surface area contributed by atoms with Crippen molar-refractivity contribution < 1.29 is 4.79 Å². The van der Waals surface area contributed by atoms with Crippen molar-refractivity contribution in [1.29, 1.82) is 0 Å². The van der Waals surface area contributed by atoms with Crippen molar-refractivity contribution in [2.75, 3.05) is 10.7 Å². The number of anilines is 1. The van der Waals surface area contributed by atoms with Gasteiger partial charge >= 0.3 is 0 Å². The Bertz CT molecular complexity index is 645. The Morgan fingerprint density at radius 3 is 2.45 bits per heavy atom. The highest BCUT2D eigenvalue weighted by atomic mass is 35.5. The van der Waals surface area contributed by atoms with Crippen LogP contribution in [0.1, 0.15) is 10.9 Å². The molecule has 1 atom stereocenters. The van der Waals surface area contributed by atoms with Gasteiger partial charge in [0.25, 0.3) is 0 Å². The molecule has 1 saturated heterocycles. The Kier molecular flexibility index (Phi) is 3.92. The van der Waals surface area contributed by atoms with Crippen LogP contribution >= 0.6 is 35.0 Å². The lowest BCUT2D eigenvalue weighted by molar-refractivity contribution is -0.115. The van der Waals surface area contributed by atoms with Crippen molar-refractivity contribution in [3.05, 3.63) is 64.1 Å². The van der Waals surface area contributed by atoms with Gasteiger partial charge in [-0.25, -0.2) is 0 Å². The van der Waals surface area contributed by atoms with Crippen molar-refractivity contribution >= 4 is 46.6 Å². The van der Waals surface area contributed by atoms with Crippen LogP contribution in [-0.2, 0) is 4.79 Å². The molecule has 1 aliphatic heterocycles. The molecule has 0 spiro atoms. The first-order chi connectivity index (χ1) is 9.66. The molecular weight excluding hydrogens is 313 g/mol. The van der Waals surface area contributed by atoms with Gasteiger partial charge in [-0.05, 0) is 30.3 Å². The zero-order valence-corrected chi connectivity index (χ0v) is 12.8. The second-order valence-corrected chi connectivity index (χ2v) is 6.34. The Morgan fingerprint density at radius 1 is 1.05 bits per heavy atom. The van der Waals surface area contributed by atoms with E-state index in [0.717, 1.165) is 11.3 Å². The van der Waals surface area contributed by atoms with Gasteiger partial charge in [0.2, 0.25) is 5.91 Å². The smallest absolute Gasteiger partial charge is 0.238 e. The van der Waals surface area contributed by atoms with Crippen LogP contribution in [0.4, 0.5) is 5.69 Å². The maximum atomic E-state index is 12.2. The summed E-state index contributed by atoms with van der Waals surface area (Å²) in [5.41, 5.74) is 1.80. The van der Waals surface area contributed by atoms with Crippen LogP contribution in [0.2, 0.25) is 10.0 Å². The van der Waals surface area contributed by atoms with E-state index in [1.807, 2.05) is 36.4 Å². The third-order valence-corrected chi connectivity index (χ3v) is 4.93. The van der Waals surface area contributed by atoms with Gasteiger partial charge in [-0.1, -0.05) is 41.4 Å². The first-order valence-electron chi connectivity index (χ1n) is 6.10. The normalized spacial score (nSPS) is 18.6. The number of benzene rings is 2. The molecule has 0 aliphatic carbocycles. The highest BCUT2D eigenvalue weighted by molar-refractivity contribution is 8.00. The molecule has 1 fully saturated rings. The van der Waals surface area contributed by atoms with Gasteiger partial charge in [0.1, 0.15) is 5.37 Å². The molecule has 5 heteroatoms. The average Bonchev–Trinajstić information content (AvgIpc) is 2.82. The van der Waals surface area contributed by atoms with E-state index >= 15 is 0 Å². The number of amides is 1. The number of carbonyl (C=O) groups is 1. The highest BCUT2D eigenvalue weighted by Gasteiger charge is 2.34. The minimum Gasteiger partial charge on any atom is -0.295 e. The van der Waals surface area contributed by atoms with Crippen LogP contribution in [0.3, 0.4) is 0 Å². The Morgan fingerprint density at radius 2 is 1.75 bits per heavy atom. The number of hydrogen-bond acceptors (Lipinski definition) is 2. The van der Waals surface area contributed by atoms with Gasteiger partial charge < -0.3 is 0 Å². The molecule has 20 heavy (non-hydrogen) atoms. The van der Waals surface area contributed by atoms with E-state index in [1.54, 1.807) is 28.8 Å². The fourth-order valence-corrected chi connectivity index (χ4v) is 3.85. The first kappa shape index (κ1) is 13.8. The summed E-state index contributed by atoms with van der Waals surface area (Å²) in [7, 11) is 0. The van der Waals surface area contributed by atoms with E-state index in [4.69, 9.17) is 23.2 Å². The number of nitrogens with zero attached hydrogens (tertiary/aromatic N) is 1. The van der Waals surface area contributed by atoms with E-state index in [1.165, 1.54) is 0 Å². The predicted octanol–water partition coefficient (Wildman–Crippen LogP) is 4.77. The van der Waals surface area contributed by atoms with Gasteiger partial charge in [0.15, 0.2) is 0 Å². The predicted molar refractivity (Wildman–Crippen MR) is 85.6 cm³/mol. The summed E-state index contributed by atoms with van der Waals surface area (Å²) in [4.78, 5) is 14.0. The van der Waals surface area contributed by atoms with Crippen LogP contribution in [-0.4, -0.2) is 11.7 Å². The summed E-state index contributed by atoms with van der Waals surface area (Å²) in [5.74, 6) is 0.542. The minimum atomic E-state index is -0.0858. The molecule has 1 amide bonds. The third kappa shape index (κ3) is 2.53. The Labute approximate surface area is 131 Å². The molecule has 0 bridgehead atoms. The summed E-state index contributed by atoms with van der Waals surface area (Å²) < 4.78 is 0. The molecule has 2 aromatic carbocycles. The number of thioether (sulfide) groups is 1. The van der Waals surface area contributed by atoms with Crippen LogP contribution in [0.25, 0.3) is 0 Å². The maximum absolute atomic E-state index is 12.2. The van der Waals surface area contributed by atoms with Gasteiger partial charge in [-0.2, -0.15) is 0 Å². The molecule has 1 heterocycles. The Hall–Kier alpha value is -1.16. The van der Waals surface area contributed by atoms with E-state index < -0.39 is 0 Å². The quantitative estimate of drug-likeness (QED) is 0.793. The monoisotopic (exact) mass is 323 g/mol. The molecule has 1 aliphatic rings. The summed E-state index contributed by atoms with van der Waals surface area (Å²) in [6.45, 7) is 0. The second-order valence-electron chi connectivity index (χ2n) is 4.43. The average molecular weight is 324 g/mol. The minimum absolute atomic E-state index is 0.0854. The molecular formula is C15H11Cl2NOS. The van der Waals surface area contributed by atoms with Gasteiger partial charge in [-0.3, -0.25) is 9.69 Å². The van der Waals surface area contributed by atoms with E-state index in [2.05, 4.69) is 0 Å². The van der Waals surface area contributed by atoms with Crippen LogP contribution in [0.5, 0.6) is 0 Å². The van der Waals surface area contributed by atoms with Gasteiger partial charge in [0.05, 0.1) is 5.75 Å². The van der Waals surface area contributed by atoms with E-state index in [9.17, 15) is 4.79 Å². The topological polar surface area (TPSA) is 20.3 Å². The molecule has 0 aromatic heterocycles. The lowest BCUT2D eigenvalue weighted by Gasteiger charge is -2.25. The standard InChI is InChI=1S/C15H11Cl2NOS/c16-10-5-7-11(8-6-10)18-14(19)9-20-15(18)12-3-1-2-4-13(12)17/h1-8,15H,9H2/t15-/m1/s1. The van der Waals surface area contributed by atoms with Crippen molar-refractivity contribution in [3.63, 3.8) is 0 Å². The largest absolute Gasteiger partial charge is 0.295 e. The lowest BCUT2D eigenvalue weighted by Crippen LogP contribution is -2.27. The maximum Gasteiger partial charge on any atom is 0.238 e. The number of carbonyl (C=O) groups excluding carboxylic acids is 1. The van der Waals surface area contributed by atoms with Crippen LogP contribution in [0.15, 0.2) is 48.5 Å². The molecule has 0 saturated carbocycles. The van der Waals surface area contributed by atoms with Gasteiger partial charge in [-0.15, -0.1) is 11.8 Å². The summed E-state index contributed by atoms with van der Waals surface area (Å²) in [6, 6.07) is 14.9. The Balaban J connectivity index is 2.01. The van der Waals surface area contributed by atoms with Crippen molar-refractivity contribution in [1.82, 2.24) is 0 Å². The van der Waals surface area contributed by atoms with Crippen LogP contribution < -0.4 is 4.90 Å². The molecule has 3 rings (SSSR count). The summed E-state index contributed by atoms with van der Waals surface area (Å²) in [6.07, 6.45) is 0. The highest BCUT2D eigenvalue weighted by Crippen LogP contribution is 2.43. The number of hydrogen-bond donors (Lipinski definition) is 0. The molecule has 2 aromatic rings. The van der Waals surface area contributed by atoms with E-state index in [-0.39, 0.29) is 11.3 Å². The summed E-state index contributed by atoms with van der Waals surface area (Å²) >= 11 is 13.7. The van der Waals surface area contributed by atoms with Crippen LogP contribution in [0, 0.1) is 0 Å². The first-order valence-corrected chi connectivity index (χ1v) is 7.91.